The van der Waals surface area contributed by atoms with Crippen LogP contribution in [-0.4, -0.2) is 29.1 Å². The summed E-state index contributed by atoms with van der Waals surface area (Å²) in [6.07, 6.45) is 1.24. The molecule has 0 aromatic carbocycles. The second-order valence-corrected chi connectivity index (χ2v) is 3.38. The maximum atomic E-state index is 11.2. The number of carboxylic acid groups (broad SMARTS) is 1. The fourth-order valence-electron chi connectivity index (χ4n) is 0.964. The molecule has 0 rings (SSSR count). The highest BCUT2D eigenvalue weighted by Crippen LogP contribution is 1.96. The Morgan fingerprint density at radius 3 is 2.43 bits per heavy atom. The van der Waals surface area contributed by atoms with E-state index in [1.807, 2.05) is 6.92 Å². The molecule has 0 fully saturated rings. The summed E-state index contributed by atoms with van der Waals surface area (Å²) in [5.41, 5.74) is 5.47. The van der Waals surface area contributed by atoms with Crippen molar-refractivity contribution >= 4 is 11.9 Å². The molecule has 0 saturated carbocycles. The molecular formula is C9H18N2O3. The van der Waals surface area contributed by atoms with Crippen LogP contribution in [0, 0.1) is 0 Å². The van der Waals surface area contributed by atoms with Gasteiger partial charge < -0.3 is 16.2 Å². The van der Waals surface area contributed by atoms with Crippen molar-refractivity contribution in [2.75, 3.05) is 0 Å². The van der Waals surface area contributed by atoms with Gasteiger partial charge in [0.05, 0.1) is 0 Å². The molecule has 14 heavy (non-hydrogen) atoms. The van der Waals surface area contributed by atoms with Crippen molar-refractivity contribution < 1.29 is 14.7 Å². The van der Waals surface area contributed by atoms with Crippen molar-refractivity contribution in [1.82, 2.24) is 5.32 Å². The monoisotopic (exact) mass is 202 g/mol. The lowest BCUT2D eigenvalue weighted by atomic mass is 10.1. The molecule has 82 valence electrons. The summed E-state index contributed by atoms with van der Waals surface area (Å²) in [5.74, 6) is -1.25. The van der Waals surface area contributed by atoms with Gasteiger partial charge in [-0.25, -0.2) is 4.79 Å². The smallest absolute Gasteiger partial charge is 0.326 e. The summed E-state index contributed by atoms with van der Waals surface area (Å²) in [7, 11) is 0. The number of amides is 1. The number of carbonyl (C=O) groups excluding carboxylic acids is 1. The normalized spacial score (nSPS) is 14.5. The third-order valence-electron chi connectivity index (χ3n) is 1.87. The van der Waals surface area contributed by atoms with Gasteiger partial charge in [-0.2, -0.15) is 0 Å². The van der Waals surface area contributed by atoms with E-state index in [2.05, 4.69) is 5.32 Å². The topological polar surface area (TPSA) is 92.4 Å². The number of aliphatic carboxylic acids is 1. The fraction of sp³-hybridized carbons (Fsp3) is 0.778. The quantitative estimate of drug-likeness (QED) is 0.569. The number of carbonyl (C=O) groups is 2. The van der Waals surface area contributed by atoms with E-state index in [9.17, 15) is 9.59 Å². The number of carboxylic acids is 1. The van der Waals surface area contributed by atoms with Gasteiger partial charge >= 0.3 is 5.97 Å². The van der Waals surface area contributed by atoms with Gasteiger partial charge in [0.15, 0.2) is 0 Å². The Hall–Kier alpha value is -1.10. The van der Waals surface area contributed by atoms with Crippen LogP contribution in [0.2, 0.25) is 0 Å². The Balaban J connectivity index is 3.85. The van der Waals surface area contributed by atoms with E-state index in [0.29, 0.717) is 12.8 Å². The molecule has 0 saturated heterocycles. The van der Waals surface area contributed by atoms with Crippen LogP contribution in [0.5, 0.6) is 0 Å². The first kappa shape index (κ1) is 12.9. The largest absolute Gasteiger partial charge is 0.480 e. The number of rotatable bonds is 6. The maximum Gasteiger partial charge on any atom is 0.326 e. The molecule has 2 atom stereocenters. The molecule has 1 amide bonds. The molecule has 0 radical (unpaired) electrons. The molecule has 0 aliphatic rings. The van der Waals surface area contributed by atoms with E-state index in [-0.39, 0.29) is 18.4 Å². The molecule has 0 spiro atoms. The van der Waals surface area contributed by atoms with Crippen molar-refractivity contribution in [2.24, 2.45) is 5.73 Å². The number of hydrogen-bond acceptors (Lipinski definition) is 3. The number of hydrogen-bond donors (Lipinski definition) is 3. The summed E-state index contributed by atoms with van der Waals surface area (Å²) in [4.78, 5) is 21.8. The van der Waals surface area contributed by atoms with E-state index in [0.717, 1.165) is 0 Å². The lowest BCUT2D eigenvalue weighted by Crippen LogP contribution is -2.40. The van der Waals surface area contributed by atoms with Crippen molar-refractivity contribution in [3.63, 3.8) is 0 Å². The Morgan fingerprint density at radius 2 is 2.07 bits per heavy atom. The van der Waals surface area contributed by atoms with Gasteiger partial charge in [-0.05, 0) is 19.8 Å². The minimum atomic E-state index is -0.998. The minimum Gasteiger partial charge on any atom is -0.480 e. The first-order valence-corrected chi connectivity index (χ1v) is 4.75. The van der Waals surface area contributed by atoms with Crippen LogP contribution in [0.25, 0.3) is 0 Å². The van der Waals surface area contributed by atoms with Crippen LogP contribution in [-0.2, 0) is 9.59 Å². The van der Waals surface area contributed by atoms with Gasteiger partial charge in [-0.1, -0.05) is 6.92 Å². The van der Waals surface area contributed by atoms with Gasteiger partial charge in [-0.15, -0.1) is 0 Å². The SMILES string of the molecule is CCC(NC(=O)CCC(C)N)C(=O)O. The molecule has 0 bridgehead atoms. The molecule has 0 aromatic heterocycles. The standard InChI is InChI=1S/C9H18N2O3/c1-3-7(9(13)14)11-8(12)5-4-6(2)10/h6-7H,3-5,10H2,1-2H3,(H,11,12)(H,13,14). The second kappa shape index (κ2) is 6.37. The van der Waals surface area contributed by atoms with Crippen molar-refractivity contribution in [2.45, 2.75) is 45.2 Å². The molecule has 5 heteroatoms. The van der Waals surface area contributed by atoms with Crippen molar-refractivity contribution in [1.29, 1.82) is 0 Å². The Morgan fingerprint density at radius 1 is 1.50 bits per heavy atom. The zero-order valence-corrected chi connectivity index (χ0v) is 8.62. The van der Waals surface area contributed by atoms with E-state index in [1.54, 1.807) is 6.92 Å². The van der Waals surface area contributed by atoms with Crippen LogP contribution < -0.4 is 11.1 Å². The van der Waals surface area contributed by atoms with Crippen molar-refractivity contribution in [3.05, 3.63) is 0 Å². The predicted molar refractivity (Wildman–Crippen MR) is 52.7 cm³/mol. The zero-order chi connectivity index (χ0) is 11.1. The average molecular weight is 202 g/mol. The predicted octanol–water partition coefficient (Wildman–Crippen LogP) is 0.0932. The minimum absolute atomic E-state index is 0.0364. The summed E-state index contributed by atoms with van der Waals surface area (Å²) < 4.78 is 0. The van der Waals surface area contributed by atoms with Gasteiger partial charge in [0, 0.05) is 12.5 Å². The molecule has 0 aliphatic heterocycles. The number of nitrogens with two attached hydrogens (primary N) is 1. The summed E-state index contributed by atoms with van der Waals surface area (Å²) >= 11 is 0. The highest BCUT2D eigenvalue weighted by atomic mass is 16.4. The van der Waals surface area contributed by atoms with E-state index < -0.39 is 12.0 Å². The van der Waals surface area contributed by atoms with E-state index in [1.165, 1.54) is 0 Å². The van der Waals surface area contributed by atoms with Gasteiger partial charge in [0.1, 0.15) is 6.04 Å². The third-order valence-corrected chi connectivity index (χ3v) is 1.87. The van der Waals surface area contributed by atoms with Crippen molar-refractivity contribution in [3.8, 4) is 0 Å². The first-order chi connectivity index (χ1) is 6.47. The van der Waals surface area contributed by atoms with Crippen LogP contribution >= 0.6 is 0 Å². The second-order valence-electron chi connectivity index (χ2n) is 3.38. The highest BCUT2D eigenvalue weighted by Gasteiger charge is 2.17. The van der Waals surface area contributed by atoms with Gasteiger partial charge in [-0.3, -0.25) is 4.79 Å². The van der Waals surface area contributed by atoms with E-state index in [4.69, 9.17) is 10.8 Å². The maximum absolute atomic E-state index is 11.2. The van der Waals surface area contributed by atoms with Gasteiger partial charge in [0.2, 0.25) is 5.91 Å². The summed E-state index contributed by atoms with van der Waals surface area (Å²) in [5, 5.41) is 11.1. The van der Waals surface area contributed by atoms with E-state index >= 15 is 0 Å². The average Bonchev–Trinajstić information content (AvgIpc) is 2.10. The molecule has 2 unspecified atom stereocenters. The summed E-state index contributed by atoms with van der Waals surface area (Å²) in [6, 6.07) is -0.818. The number of nitrogens with one attached hydrogen (secondary N) is 1. The Kier molecular flexibility index (Phi) is 5.87. The molecule has 0 aliphatic carbocycles. The Labute approximate surface area is 83.7 Å². The summed E-state index contributed by atoms with van der Waals surface area (Å²) in [6.45, 7) is 3.52. The zero-order valence-electron chi connectivity index (χ0n) is 8.62. The lowest BCUT2D eigenvalue weighted by molar-refractivity contribution is -0.141. The molecule has 5 nitrogen and oxygen atoms in total. The van der Waals surface area contributed by atoms with Crippen LogP contribution in [0.3, 0.4) is 0 Å². The first-order valence-electron chi connectivity index (χ1n) is 4.75. The molecule has 0 aromatic rings. The van der Waals surface area contributed by atoms with Crippen LogP contribution in [0.1, 0.15) is 33.1 Å². The van der Waals surface area contributed by atoms with Gasteiger partial charge in [0.25, 0.3) is 0 Å². The highest BCUT2D eigenvalue weighted by molar-refractivity contribution is 5.83. The van der Waals surface area contributed by atoms with Crippen LogP contribution in [0.4, 0.5) is 0 Å². The molecule has 0 heterocycles. The Bertz CT molecular complexity index is 204. The third kappa shape index (κ3) is 5.53. The van der Waals surface area contributed by atoms with Crippen LogP contribution in [0.15, 0.2) is 0 Å². The molecule has 4 N–H and O–H groups in total. The fourth-order valence-corrected chi connectivity index (χ4v) is 0.964. The molecular weight excluding hydrogens is 184 g/mol. The lowest BCUT2D eigenvalue weighted by Gasteiger charge is -2.12.